The first-order chi connectivity index (χ1) is 13.1. The Morgan fingerprint density at radius 2 is 1.22 bits per heavy atom. The first-order valence-corrected chi connectivity index (χ1v) is 8.28. The molecule has 3 aromatic carbocycles. The quantitative estimate of drug-likeness (QED) is 0.413. The Bertz CT molecular complexity index is 1080. The van der Waals surface area contributed by atoms with Crippen molar-refractivity contribution in [3.63, 3.8) is 0 Å². The third-order valence-corrected chi connectivity index (χ3v) is 4.43. The molecule has 4 rings (SSSR count). The second kappa shape index (κ2) is 6.53. The number of esters is 1. The highest BCUT2D eigenvalue weighted by molar-refractivity contribution is 6.30. The van der Waals surface area contributed by atoms with Crippen molar-refractivity contribution in [3.8, 4) is 11.5 Å². The summed E-state index contributed by atoms with van der Waals surface area (Å²) < 4.78 is 10.7. The van der Waals surface area contributed by atoms with Crippen molar-refractivity contribution >= 4 is 17.5 Å². The summed E-state index contributed by atoms with van der Waals surface area (Å²) in [4.78, 5) is 38.5. The number of rotatable bonds is 3. The monoisotopic (exact) mass is 358 g/mol. The number of carbonyl (C=O) groups is 3. The van der Waals surface area contributed by atoms with Gasteiger partial charge in [0.25, 0.3) is 0 Å². The molecule has 0 unspecified atom stereocenters. The van der Waals surface area contributed by atoms with Crippen LogP contribution in [-0.4, -0.2) is 24.6 Å². The smallest absolute Gasteiger partial charge is 0.343 e. The van der Waals surface area contributed by atoms with E-state index in [1.54, 1.807) is 54.6 Å². The first kappa shape index (κ1) is 16.7. The van der Waals surface area contributed by atoms with Crippen LogP contribution < -0.4 is 9.47 Å². The molecular formula is C22H14O5. The average Bonchev–Trinajstić information content (AvgIpc) is 2.72. The lowest BCUT2D eigenvalue weighted by atomic mass is 9.83. The maximum atomic E-state index is 13.1. The maximum absolute atomic E-state index is 13.1. The van der Waals surface area contributed by atoms with E-state index in [2.05, 4.69) is 0 Å². The highest BCUT2D eigenvalue weighted by Crippen LogP contribution is 2.38. The molecule has 0 fully saturated rings. The molecular weight excluding hydrogens is 344 g/mol. The predicted octanol–water partition coefficient (Wildman–Crippen LogP) is 3.69. The molecule has 0 aromatic heterocycles. The van der Waals surface area contributed by atoms with Gasteiger partial charge in [-0.25, -0.2) is 4.79 Å². The van der Waals surface area contributed by atoms with Crippen molar-refractivity contribution in [1.82, 2.24) is 0 Å². The molecule has 1 aliphatic carbocycles. The lowest BCUT2D eigenvalue weighted by Gasteiger charge is -2.21. The molecule has 0 N–H and O–H groups in total. The van der Waals surface area contributed by atoms with Crippen molar-refractivity contribution < 1.29 is 23.9 Å². The van der Waals surface area contributed by atoms with E-state index in [4.69, 9.17) is 9.47 Å². The van der Waals surface area contributed by atoms with Crippen LogP contribution in [0.25, 0.3) is 0 Å². The number of ketones is 2. The molecule has 5 heteroatoms. The van der Waals surface area contributed by atoms with Gasteiger partial charge < -0.3 is 9.47 Å². The zero-order chi connectivity index (χ0) is 19.0. The van der Waals surface area contributed by atoms with Gasteiger partial charge in [0.2, 0.25) is 0 Å². The fourth-order valence-electron chi connectivity index (χ4n) is 3.15. The zero-order valence-corrected chi connectivity index (χ0v) is 14.4. The van der Waals surface area contributed by atoms with Gasteiger partial charge in [-0.15, -0.1) is 0 Å². The van der Waals surface area contributed by atoms with Crippen LogP contribution in [0.15, 0.2) is 66.7 Å². The summed E-state index contributed by atoms with van der Waals surface area (Å²) in [6.07, 6.45) is 0. The van der Waals surface area contributed by atoms with E-state index in [1.807, 2.05) is 0 Å². The van der Waals surface area contributed by atoms with Crippen molar-refractivity contribution in [3.05, 3.63) is 94.5 Å². The third-order valence-electron chi connectivity index (χ3n) is 4.43. The van der Waals surface area contributed by atoms with Gasteiger partial charge in [-0.2, -0.15) is 0 Å². The minimum Gasteiger partial charge on any atom is -0.496 e. The molecule has 3 aromatic rings. The maximum Gasteiger partial charge on any atom is 0.343 e. The number of hydrogen-bond donors (Lipinski definition) is 0. The van der Waals surface area contributed by atoms with Crippen LogP contribution in [0.2, 0.25) is 0 Å². The number of hydrogen-bond acceptors (Lipinski definition) is 5. The Hall–Kier alpha value is -3.73. The SMILES string of the molecule is COc1ccc(OC(=O)c2ccccc2)c2c1C(=O)c1ccccc1C2=O. The second-order valence-electron chi connectivity index (χ2n) is 5.98. The van der Waals surface area contributed by atoms with Crippen LogP contribution in [-0.2, 0) is 0 Å². The van der Waals surface area contributed by atoms with Crippen LogP contribution in [0.1, 0.15) is 42.2 Å². The molecule has 0 radical (unpaired) electrons. The molecule has 132 valence electrons. The van der Waals surface area contributed by atoms with Crippen molar-refractivity contribution in [2.24, 2.45) is 0 Å². The normalized spacial score (nSPS) is 12.2. The minimum atomic E-state index is -0.609. The summed E-state index contributed by atoms with van der Waals surface area (Å²) in [6.45, 7) is 0. The lowest BCUT2D eigenvalue weighted by Crippen LogP contribution is -2.23. The van der Waals surface area contributed by atoms with Crippen LogP contribution in [0.4, 0.5) is 0 Å². The Morgan fingerprint density at radius 3 is 1.81 bits per heavy atom. The van der Waals surface area contributed by atoms with E-state index >= 15 is 0 Å². The number of ether oxygens (including phenoxy) is 2. The average molecular weight is 358 g/mol. The molecule has 0 bridgehead atoms. The second-order valence-corrected chi connectivity index (χ2v) is 5.98. The van der Waals surface area contributed by atoms with Gasteiger partial charge in [0, 0.05) is 11.1 Å². The summed E-state index contributed by atoms with van der Waals surface area (Å²) >= 11 is 0. The van der Waals surface area contributed by atoms with Gasteiger partial charge in [-0.3, -0.25) is 9.59 Å². The molecule has 5 nitrogen and oxygen atoms in total. The molecule has 0 atom stereocenters. The summed E-state index contributed by atoms with van der Waals surface area (Å²) in [6, 6.07) is 18.0. The Labute approximate surface area is 155 Å². The van der Waals surface area contributed by atoms with Crippen LogP contribution in [0, 0.1) is 0 Å². The molecule has 27 heavy (non-hydrogen) atoms. The standard InChI is InChI=1S/C22H14O5/c1-26-16-11-12-17(27-22(25)13-7-3-2-4-8-13)19-18(16)20(23)14-9-5-6-10-15(14)21(19)24/h2-12H,1H3. The van der Waals surface area contributed by atoms with E-state index < -0.39 is 5.97 Å². The largest absolute Gasteiger partial charge is 0.496 e. The zero-order valence-electron chi connectivity index (χ0n) is 14.4. The van der Waals surface area contributed by atoms with Gasteiger partial charge in [0.15, 0.2) is 11.6 Å². The van der Waals surface area contributed by atoms with Crippen LogP contribution in [0.5, 0.6) is 11.5 Å². The van der Waals surface area contributed by atoms with Crippen LogP contribution >= 0.6 is 0 Å². The fraction of sp³-hybridized carbons (Fsp3) is 0.0455. The Balaban J connectivity index is 1.85. The molecule has 0 saturated carbocycles. The molecule has 0 saturated heterocycles. The molecule has 0 spiro atoms. The topological polar surface area (TPSA) is 69.7 Å². The molecule has 0 aliphatic heterocycles. The number of benzene rings is 3. The van der Waals surface area contributed by atoms with Gasteiger partial charge in [0.1, 0.15) is 11.5 Å². The Morgan fingerprint density at radius 1 is 0.704 bits per heavy atom. The van der Waals surface area contributed by atoms with Gasteiger partial charge in [0.05, 0.1) is 23.8 Å². The van der Waals surface area contributed by atoms with E-state index in [0.29, 0.717) is 11.1 Å². The lowest BCUT2D eigenvalue weighted by molar-refractivity contribution is 0.0731. The highest BCUT2D eigenvalue weighted by Gasteiger charge is 2.35. The highest BCUT2D eigenvalue weighted by atomic mass is 16.5. The van der Waals surface area contributed by atoms with E-state index in [-0.39, 0.29) is 39.8 Å². The number of carbonyl (C=O) groups excluding carboxylic acids is 3. The van der Waals surface area contributed by atoms with E-state index in [1.165, 1.54) is 19.2 Å². The Kier molecular flexibility index (Phi) is 4.05. The summed E-state index contributed by atoms with van der Waals surface area (Å²) in [7, 11) is 1.42. The molecule has 0 amide bonds. The third kappa shape index (κ3) is 2.69. The van der Waals surface area contributed by atoms with Crippen LogP contribution in [0.3, 0.4) is 0 Å². The van der Waals surface area contributed by atoms with Gasteiger partial charge in [-0.05, 0) is 24.3 Å². The summed E-state index contributed by atoms with van der Waals surface area (Å²) in [5.41, 5.74) is 1.08. The predicted molar refractivity (Wildman–Crippen MR) is 97.7 cm³/mol. The number of methoxy groups -OCH3 is 1. The van der Waals surface area contributed by atoms with Crippen molar-refractivity contribution in [2.45, 2.75) is 0 Å². The van der Waals surface area contributed by atoms with Gasteiger partial charge in [-0.1, -0.05) is 42.5 Å². The summed E-state index contributed by atoms with van der Waals surface area (Å²) in [5.74, 6) is -1.03. The van der Waals surface area contributed by atoms with Gasteiger partial charge >= 0.3 is 5.97 Å². The number of fused-ring (bicyclic) bond motifs is 2. The first-order valence-electron chi connectivity index (χ1n) is 8.28. The van der Waals surface area contributed by atoms with E-state index in [0.717, 1.165) is 0 Å². The van der Waals surface area contributed by atoms with E-state index in [9.17, 15) is 14.4 Å². The molecule has 1 aliphatic rings. The minimum absolute atomic E-state index is 0.0347. The van der Waals surface area contributed by atoms with Crippen molar-refractivity contribution in [2.75, 3.05) is 7.11 Å². The summed E-state index contributed by atoms with van der Waals surface area (Å²) in [5, 5.41) is 0. The fourth-order valence-corrected chi connectivity index (χ4v) is 3.15. The van der Waals surface area contributed by atoms with Crippen molar-refractivity contribution in [1.29, 1.82) is 0 Å². The molecule has 0 heterocycles.